The Morgan fingerprint density at radius 1 is 1.48 bits per heavy atom. The van der Waals surface area contributed by atoms with Gasteiger partial charge >= 0.3 is 11.9 Å². The highest BCUT2D eigenvalue weighted by atomic mass is 16.4. The van der Waals surface area contributed by atoms with E-state index in [-0.39, 0.29) is 18.6 Å². The highest BCUT2D eigenvalue weighted by molar-refractivity contribution is 6.41. The molecule has 2 heterocycles. The number of nitrogens with zero attached hydrogens (tertiary/aromatic N) is 2. The molecular weight excluding hydrogens is 332 g/mol. The molecule has 0 amide bonds. The van der Waals surface area contributed by atoms with Crippen molar-refractivity contribution in [2.24, 2.45) is 10.7 Å². The molecule has 1 aliphatic rings. The van der Waals surface area contributed by atoms with Crippen molar-refractivity contribution in [1.82, 2.24) is 4.98 Å². The van der Waals surface area contributed by atoms with E-state index < -0.39 is 30.0 Å². The molecule has 2 atom stereocenters. The van der Waals surface area contributed by atoms with Crippen molar-refractivity contribution >= 4 is 29.8 Å². The van der Waals surface area contributed by atoms with Gasteiger partial charge in [0, 0.05) is 12.8 Å². The fourth-order valence-electron chi connectivity index (χ4n) is 2.20. The van der Waals surface area contributed by atoms with Crippen LogP contribution in [0.2, 0.25) is 0 Å². The van der Waals surface area contributed by atoms with E-state index in [0.717, 1.165) is 0 Å². The Morgan fingerprint density at radius 2 is 2.20 bits per heavy atom. The average molecular weight is 348 g/mol. The van der Waals surface area contributed by atoms with Crippen molar-refractivity contribution in [1.29, 1.82) is 0 Å². The number of hydrogen-bond acceptors (Lipinski definition) is 6. The maximum atomic E-state index is 11.1. The number of carbonyl (C=O) groups excluding carboxylic acids is 1. The third-order valence-electron chi connectivity index (χ3n) is 3.46. The van der Waals surface area contributed by atoms with Crippen molar-refractivity contribution in [2.45, 2.75) is 24.9 Å². The standard InChI is InChI=1S/C15H16N4O6/c16-10(13(20)21)5-9-6-19(7-17-9)2-1-8-3-11(14(22)23)18-12(4-8)15(24)25/h1-3,6-7,10,12H,4-5,16H2,(H3,20,21,22,23,24,25)/b2-1+/t10-,12-/m0/s1. The normalized spacial score (nSPS) is 18.5. The molecule has 2 rings (SSSR count). The summed E-state index contributed by atoms with van der Waals surface area (Å²) in [5.74, 6) is -3.86. The van der Waals surface area contributed by atoms with Crippen LogP contribution in [0.25, 0.3) is 6.20 Å². The fourth-order valence-corrected chi connectivity index (χ4v) is 2.20. The van der Waals surface area contributed by atoms with E-state index in [9.17, 15) is 19.5 Å². The molecule has 0 radical (unpaired) electrons. The lowest BCUT2D eigenvalue weighted by Crippen LogP contribution is -2.43. The summed E-state index contributed by atoms with van der Waals surface area (Å²) in [6.07, 6.45) is 7.70. The molecule has 1 aliphatic heterocycles. The largest absolute Gasteiger partial charge is 0.548 e. The second-order valence-corrected chi connectivity index (χ2v) is 5.42. The number of dihydropyridines is 1. The van der Waals surface area contributed by atoms with Gasteiger partial charge in [-0.15, -0.1) is 0 Å². The van der Waals surface area contributed by atoms with Crippen molar-refractivity contribution in [3.8, 4) is 0 Å². The third-order valence-corrected chi connectivity index (χ3v) is 3.46. The van der Waals surface area contributed by atoms with Gasteiger partial charge in [0.25, 0.3) is 0 Å². The van der Waals surface area contributed by atoms with Gasteiger partial charge in [-0.3, -0.25) is 4.99 Å². The molecule has 0 unspecified atom stereocenters. The number of nitrogens with two attached hydrogens (primary N) is 1. The van der Waals surface area contributed by atoms with Gasteiger partial charge in [-0.1, -0.05) is 0 Å². The molecule has 25 heavy (non-hydrogen) atoms. The first-order valence-electron chi connectivity index (χ1n) is 7.23. The van der Waals surface area contributed by atoms with Crippen LogP contribution >= 0.6 is 0 Å². The maximum absolute atomic E-state index is 11.1. The number of carboxylic acids is 3. The van der Waals surface area contributed by atoms with Gasteiger partial charge in [-0.25, -0.2) is 19.1 Å². The quantitative estimate of drug-likeness (QED) is 0.401. The number of carboxylic acid groups (broad SMARTS) is 3. The molecule has 0 bridgehead atoms. The van der Waals surface area contributed by atoms with E-state index in [1.165, 1.54) is 12.4 Å². The number of H-pyrrole nitrogens is 1. The van der Waals surface area contributed by atoms with E-state index in [1.807, 2.05) is 0 Å². The molecule has 0 saturated carbocycles. The van der Waals surface area contributed by atoms with Crippen LogP contribution in [0.3, 0.4) is 0 Å². The molecule has 0 fully saturated rings. The second-order valence-electron chi connectivity index (χ2n) is 5.42. The number of rotatable bonds is 7. The van der Waals surface area contributed by atoms with Crippen LogP contribution in [0.15, 0.2) is 35.2 Å². The highest BCUT2D eigenvalue weighted by Gasteiger charge is 2.24. The average Bonchev–Trinajstić information content (AvgIpc) is 2.99. The van der Waals surface area contributed by atoms with Gasteiger partial charge in [0.1, 0.15) is 17.6 Å². The summed E-state index contributed by atoms with van der Waals surface area (Å²) >= 11 is 0. The van der Waals surface area contributed by atoms with Gasteiger partial charge in [-0.2, -0.15) is 0 Å². The first kappa shape index (κ1) is 18.1. The van der Waals surface area contributed by atoms with E-state index in [0.29, 0.717) is 11.3 Å². The molecule has 10 nitrogen and oxygen atoms in total. The van der Waals surface area contributed by atoms with Gasteiger partial charge in [0.15, 0.2) is 6.04 Å². The predicted molar refractivity (Wildman–Crippen MR) is 82.2 cm³/mol. The van der Waals surface area contributed by atoms with Crippen molar-refractivity contribution in [2.75, 3.05) is 0 Å². The number of aromatic nitrogens is 2. The molecule has 0 saturated heterocycles. The number of aliphatic imine (C=N–C) groups is 1. The lowest BCUT2D eigenvalue weighted by atomic mass is 10.0. The summed E-state index contributed by atoms with van der Waals surface area (Å²) in [6.45, 7) is 0. The van der Waals surface area contributed by atoms with Crippen LogP contribution in [0, 0.1) is 0 Å². The molecule has 132 valence electrons. The summed E-state index contributed by atoms with van der Waals surface area (Å²) in [7, 11) is 0. The molecule has 0 aliphatic carbocycles. The molecule has 1 aromatic rings. The van der Waals surface area contributed by atoms with Crippen LogP contribution in [0.1, 0.15) is 12.1 Å². The van der Waals surface area contributed by atoms with E-state index >= 15 is 0 Å². The molecule has 0 aromatic carbocycles. The summed E-state index contributed by atoms with van der Waals surface area (Å²) in [5, 5.41) is 28.7. The number of allylic oxidation sites excluding steroid dienone is 1. The first-order valence-corrected chi connectivity index (χ1v) is 7.23. The topological polar surface area (TPSA) is 173 Å². The number of hydrogen-bond donors (Lipinski definition) is 4. The lowest BCUT2D eigenvalue weighted by Gasteiger charge is -2.14. The summed E-state index contributed by atoms with van der Waals surface area (Å²) in [5.41, 5.74) is 6.12. The molecular formula is C15H16N4O6. The minimum absolute atomic E-state index is 0.0583. The Labute approximate surface area is 141 Å². The molecule has 10 heteroatoms. The van der Waals surface area contributed by atoms with Crippen molar-refractivity contribution in [3.05, 3.63) is 35.9 Å². The molecule has 0 spiro atoms. The van der Waals surface area contributed by atoms with Crippen LogP contribution in [-0.4, -0.2) is 50.9 Å². The number of nitrogens with one attached hydrogen (secondary N) is 1. The summed E-state index contributed by atoms with van der Waals surface area (Å²) in [6, 6.07) is -2.29. The van der Waals surface area contributed by atoms with Gasteiger partial charge in [-0.05, 0) is 17.7 Å². The van der Waals surface area contributed by atoms with Crippen molar-refractivity contribution < 1.29 is 34.3 Å². The van der Waals surface area contributed by atoms with E-state index in [4.69, 9.17) is 15.9 Å². The zero-order valence-corrected chi connectivity index (χ0v) is 13.0. The Morgan fingerprint density at radius 3 is 2.80 bits per heavy atom. The van der Waals surface area contributed by atoms with Gasteiger partial charge < -0.3 is 25.8 Å². The zero-order chi connectivity index (χ0) is 18.6. The number of carbonyl (C=O) groups is 3. The number of aromatic amines is 1. The SMILES string of the molecule is N[C@@H](Cc1c[n+](/C=C/C2=CC(C(=O)O)=N[C@H](C(=O)O)C2)c[nH]1)C(=O)[O-]. The second kappa shape index (κ2) is 7.53. The van der Waals surface area contributed by atoms with Gasteiger partial charge in [0.2, 0.25) is 6.33 Å². The lowest BCUT2D eigenvalue weighted by molar-refractivity contribution is -0.566. The Bertz CT molecular complexity index is 792. The molecule has 5 N–H and O–H groups in total. The molecule has 1 aromatic heterocycles. The van der Waals surface area contributed by atoms with Gasteiger partial charge in [0.05, 0.1) is 18.2 Å². The van der Waals surface area contributed by atoms with E-state index in [1.54, 1.807) is 23.0 Å². The number of aliphatic carboxylic acids is 3. The smallest absolute Gasteiger partial charge is 0.354 e. The third kappa shape index (κ3) is 4.85. The fraction of sp³-hybridized carbons (Fsp3) is 0.267. The zero-order valence-electron chi connectivity index (χ0n) is 13.0. The first-order chi connectivity index (χ1) is 11.8. The Kier molecular flexibility index (Phi) is 5.45. The Hall–Kier alpha value is -3.27. The summed E-state index contributed by atoms with van der Waals surface area (Å²) in [4.78, 5) is 39.2. The minimum atomic E-state index is -1.36. The van der Waals surface area contributed by atoms with Crippen LogP contribution in [0.4, 0.5) is 0 Å². The monoisotopic (exact) mass is 348 g/mol. The maximum Gasteiger partial charge on any atom is 0.354 e. The summed E-state index contributed by atoms with van der Waals surface area (Å²) < 4.78 is 1.57. The van der Waals surface area contributed by atoms with E-state index in [2.05, 4.69) is 9.98 Å². The van der Waals surface area contributed by atoms with Crippen molar-refractivity contribution in [3.63, 3.8) is 0 Å². The highest BCUT2D eigenvalue weighted by Crippen LogP contribution is 2.16. The minimum Gasteiger partial charge on any atom is -0.548 e. The Balaban J connectivity index is 2.12. The predicted octanol–water partition coefficient (Wildman–Crippen LogP) is -2.30. The van der Waals surface area contributed by atoms with Crippen LogP contribution in [-0.2, 0) is 20.8 Å². The number of imidazole rings is 1. The van der Waals surface area contributed by atoms with Crippen LogP contribution < -0.4 is 15.4 Å². The van der Waals surface area contributed by atoms with Crippen LogP contribution in [0.5, 0.6) is 0 Å².